The molecule has 0 saturated carbocycles. The average molecular weight is 1520 g/mol. The molecular formula is C101H58N10O3S2. The molecular weight excluding hydrogens is 1470 g/mol. The molecule has 23 aromatic rings. The van der Waals surface area contributed by atoms with Gasteiger partial charge in [-0.25, -0.2) is 49.8 Å². The minimum atomic E-state index is -0.197. The normalized spacial score (nSPS) is 12.6. The van der Waals surface area contributed by atoms with Crippen molar-refractivity contribution in [1.29, 1.82) is 0 Å². The topological polar surface area (TPSA) is 168 Å². The van der Waals surface area contributed by atoms with Crippen molar-refractivity contribution in [2.24, 2.45) is 0 Å². The summed E-state index contributed by atoms with van der Waals surface area (Å²) in [6.45, 7) is 4.64. The highest BCUT2D eigenvalue weighted by molar-refractivity contribution is 7.26. The Balaban J connectivity index is 0.622. The second kappa shape index (κ2) is 25.6. The first-order valence-corrected chi connectivity index (χ1v) is 40.1. The van der Waals surface area contributed by atoms with Crippen molar-refractivity contribution in [3.63, 3.8) is 0 Å². The summed E-state index contributed by atoms with van der Waals surface area (Å²) in [4.78, 5) is 53.6. The summed E-state index contributed by atoms with van der Waals surface area (Å²) >= 11 is 3.41. The fourth-order valence-corrected chi connectivity index (χ4v) is 19.7. The monoisotopic (exact) mass is 1520 g/mol. The molecule has 542 valence electrons. The molecule has 116 heavy (non-hydrogen) atoms. The van der Waals surface area contributed by atoms with Gasteiger partial charge in [0.2, 0.25) is 0 Å². The van der Waals surface area contributed by atoms with Crippen LogP contribution in [0.25, 0.3) is 242 Å². The Morgan fingerprint density at radius 1 is 0.233 bits per heavy atom. The van der Waals surface area contributed by atoms with Crippen molar-refractivity contribution in [3.8, 4) is 136 Å². The fraction of sp³-hybridized carbons (Fsp3) is 0.0297. The number of benzene rings is 14. The van der Waals surface area contributed by atoms with E-state index < -0.39 is 0 Å². The van der Waals surface area contributed by atoms with Gasteiger partial charge in [0.15, 0.2) is 46.6 Å². The standard InChI is InChI=1S/C101H58N10O3S2/c1-101(2)74-45-15-12-33-62(74)63-52-51-59(54-75(63)101)84-91-85(64-34-13-16-49-79(64)115-91)103-99(102-84)72-43-20-38-67-83-70(41-24-48-78(83)113-89(67)72)98-110-95(57-29-10-5-11-30-57)107-96(111-98)60-32-18-31-58(53-60)61-36-22-46-76-81(61)66-37-19-42-71(88(66)112-76)87-92-86(65-35-14-17-50-80(65)116-92)104-100(105-87)73-44-21-39-68-82-69(40-23-47-77(82)114-90(68)73)97-108-93(55-25-6-3-7-26-55)106-94(109-97)56-27-8-4-9-28-56/h3-54H,1-2H3. The first-order chi connectivity index (χ1) is 57.2. The number of furan rings is 3. The van der Waals surface area contributed by atoms with Crippen LogP contribution >= 0.6 is 22.7 Å². The van der Waals surface area contributed by atoms with Gasteiger partial charge in [0.25, 0.3) is 0 Å². The van der Waals surface area contributed by atoms with Gasteiger partial charge in [-0.2, -0.15) is 0 Å². The van der Waals surface area contributed by atoms with Gasteiger partial charge in [-0.15, -0.1) is 22.7 Å². The number of rotatable bonds is 11. The molecule has 1 aliphatic rings. The van der Waals surface area contributed by atoms with Gasteiger partial charge in [0, 0.05) is 102 Å². The van der Waals surface area contributed by atoms with Crippen molar-refractivity contribution >= 4 is 129 Å². The summed E-state index contributed by atoms with van der Waals surface area (Å²) in [7, 11) is 0. The maximum absolute atomic E-state index is 7.19. The molecule has 0 amide bonds. The summed E-state index contributed by atoms with van der Waals surface area (Å²) in [6, 6.07) is 108. The van der Waals surface area contributed by atoms with Gasteiger partial charge in [-0.05, 0) is 94.0 Å². The van der Waals surface area contributed by atoms with Crippen LogP contribution in [-0.4, -0.2) is 49.8 Å². The predicted octanol–water partition coefficient (Wildman–Crippen LogP) is 26.7. The highest BCUT2D eigenvalue weighted by atomic mass is 32.1. The number of hydrogen-bond donors (Lipinski definition) is 0. The van der Waals surface area contributed by atoms with Crippen LogP contribution in [-0.2, 0) is 5.41 Å². The molecule has 0 atom stereocenters. The smallest absolute Gasteiger partial charge is 0.164 e. The largest absolute Gasteiger partial charge is 0.455 e. The van der Waals surface area contributed by atoms with Gasteiger partial charge >= 0.3 is 0 Å². The number of hydrogen-bond acceptors (Lipinski definition) is 15. The quantitative estimate of drug-likeness (QED) is 0.120. The van der Waals surface area contributed by atoms with Crippen molar-refractivity contribution in [3.05, 3.63) is 327 Å². The fourth-order valence-electron chi connectivity index (χ4n) is 17.4. The summed E-state index contributed by atoms with van der Waals surface area (Å²) < 4.78 is 25.5. The number of para-hydroxylation sites is 3. The first-order valence-electron chi connectivity index (χ1n) is 38.5. The van der Waals surface area contributed by atoms with Crippen LogP contribution in [0.4, 0.5) is 0 Å². The molecule has 0 fully saturated rings. The van der Waals surface area contributed by atoms with E-state index in [-0.39, 0.29) is 5.41 Å². The first kappa shape index (κ1) is 65.8. The van der Waals surface area contributed by atoms with Crippen LogP contribution in [0.3, 0.4) is 0 Å². The van der Waals surface area contributed by atoms with Crippen LogP contribution in [0.5, 0.6) is 0 Å². The lowest BCUT2D eigenvalue weighted by Crippen LogP contribution is -2.14. The zero-order valence-electron chi connectivity index (χ0n) is 62.0. The third kappa shape index (κ3) is 10.2. The van der Waals surface area contributed by atoms with Gasteiger partial charge < -0.3 is 13.3 Å². The second-order valence-corrected chi connectivity index (χ2v) is 32.1. The Morgan fingerprint density at radius 3 is 1.14 bits per heavy atom. The van der Waals surface area contributed by atoms with E-state index in [9.17, 15) is 0 Å². The predicted molar refractivity (Wildman–Crippen MR) is 469 cm³/mol. The maximum Gasteiger partial charge on any atom is 0.164 e. The molecule has 0 spiro atoms. The molecule has 0 aliphatic heterocycles. The van der Waals surface area contributed by atoms with E-state index in [1.807, 2.05) is 133 Å². The van der Waals surface area contributed by atoms with Gasteiger partial charge in [-0.1, -0.05) is 269 Å². The van der Waals surface area contributed by atoms with E-state index in [0.29, 0.717) is 74.5 Å². The maximum atomic E-state index is 7.19. The highest BCUT2D eigenvalue weighted by Crippen LogP contribution is 2.53. The number of nitrogens with zero attached hydrogens (tertiary/aromatic N) is 10. The Labute approximate surface area is 669 Å². The lowest BCUT2D eigenvalue weighted by Gasteiger charge is -2.22. The third-order valence-electron chi connectivity index (χ3n) is 22.9. The molecule has 15 heteroatoms. The summed E-state index contributed by atoms with van der Waals surface area (Å²) in [5.74, 6) is 4.29. The third-order valence-corrected chi connectivity index (χ3v) is 25.2. The van der Waals surface area contributed by atoms with Crippen LogP contribution in [0.1, 0.15) is 25.0 Å². The van der Waals surface area contributed by atoms with Crippen molar-refractivity contribution in [1.82, 2.24) is 49.8 Å². The summed E-state index contributed by atoms with van der Waals surface area (Å²) in [5, 5.41) is 7.51. The Kier molecular flexibility index (Phi) is 14.5. The zero-order valence-corrected chi connectivity index (χ0v) is 63.7. The van der Waals surface area contributed by atoms with E-state index >= 15 is 0 Å². The second-order valence-electron chi connectivity index (χ2n) is 30.0. The lowest BCUT2D eigenvalue weighted by atomic mass is 9.82. The Hall–Kier alpha value is -14.9. The summed E-state index contributed by atoms with van der Waals surface area (Å²) in [5.41, 5.74) is 22.8. The molecule has 9 heterocycles. The molecule has 0 radical (unpaired) electrons. The molecule has 0 N–H and O–H groups in total. The summed E-state index contributed by atoms with van der Waals surface area (Å²) in [6.07, 6.45) is 0. The van der Waals surface area contributed by atoms with Gasteiger partial charge in [-0.3, -0.25) is 0 Å². The van der Waals surface area contributed by atoms with Crippen molar-refractivity contribution in [2.75, 3.05) is 0 Å². The molecule has 13 nitrogen and oxygen atoms in total. The number of fused-ring (bicyclic) bond motifs is 18. The van der Waals surface area contributed by atoms with Gasteiger partial charge in [0.1, 0.15) is 33.5 Å². The molecule has 0 unspecified atom stereocenters. The highest BCUT2D eigenvalue weighted by Gasteiger charge is 2.36. The Morgan fingerprint density at radius 2 is 0.595 bits per heavy atom. The molecule has 0 saturated heterocycles. The van der Waals surface area contributed by atoms with E-state index in [0.717, 1.165) is 157 Å². The van der Waals surface area contributed by atoms with Crippen LogP contribution in [0.2, 0.25) is 0 Å². The van der Waals surface area contributed by atoms with E-state index in [1.54, 1.807) is 22.7 Å². The van der Waals surface area contributed by atoms with Crippen molar-refractivity contribution in [2.45, 2.75) is 19.3 Å². The molecule has 14 aromatic carbocycles. The van der Waals surface area contributed by atoms with Crippen molar-refractivity contribution < 1.29 is 13.3 Å². The minimum absolute atomic E-state index is 0.197. The van der Waals surface area contributed by atoms with Gasteiger partial charge in [0.05, 0.1) is 42.9 Å². The van der Waals surface area contributed by atoms with Crippen LogP contribution < -0.4 is 0 Å². The minimum Gasteiger partial charge on any atom is -0.455 e. The molecule has 9 aromatic heterocycles. The number of thiophene rings is 2. The zero-order chi connectivity index (χ0) is 76.4. The Bertz CT molecular complexity index is 8030. The van der Waals surface area contributed by atoms with E-state index in [1.165, 1.54) is 22.3 Å². The molecule has 1 aliphatic carbocycles. The van der Waals surface area contributed by atoms with E-state index in [4.69, 9.17) is 63.1 Å². The van der Waals surface area contributed by atoms with E-state index in [2.05, 4.69) is 196 Å². The number of aromatic nitrogens is 10. The molecule has 0 bridgehead atoms. The SMILES string of the molecule is CC1(C)c2ccccc2-c2ccc(-c3nc(-c4cccc5c4oc4cccc(-c6nc(-c7ccccc7)nc(-c7cccc(-c8cccc9oc%10c(-c%11nc(-c%12cccc%13c%12oc%12cccc(-c%14nc(-c%15ccccc%15)nc(-c%15ccccc%15)n%14)c%12%13)nc%12c%11sc%11ccccc%11%12)cccc%10c89)c7)n6)c45)nc4c3sc3ccccc34)cc21. The average Bonchev–Trinajstić information content (AvgIpc) is 1.57. The van der Waals surface area contributed by atoms with Crippen LogP contribution in [0, 0.1) is 0 Å². The lowest BCUT2D eigenvalue weighted by molar-refractivity contribution is 0.660. The van der Waals surface area contributed by atoms with Crippen LogP contribution in [0.15, 0.2) is 329 Å². The molecule has 24 rings (SSSR count).